The Kier molecular flexibility index (Phi) is 8.20. The van der Waals surface area contributed by atoms with Crippen molar-refractivity contribution in [3.05, 3.63) is 30.0 Å². The Balaban J connectivity index is 1.39. The number of sulfonamides is 1. The topological polar surface area (TPSA) is 141 Å². The van der Waals surface area contributed by atoms with Crippen LogP contribution in [0.25, 0.3) is 20.8 Å². The molecule has 10 nitrogen and oxygen atoms in total. The molecule has 41 heavy (non-hydrogen) atoms. The van der Waals surface area contributed by atoms with Gasteiger partial charge in [0.1, 0.15) is 23.0 Å². The summed E-state index contributed by atoms with van der Waals surface area (Å²) >= 11 is 1.37. The molecule has 2 fully saturated rings. The number of para-hydroxylation sites is 1. The normalized spacial score (nSPS) is 23.4. The highest BCUT2D eigenvalue weighted by atomic mass is 32.2. The van der Waals surface area contributed by atoms with Gasteiger partial charge in [-0.2, -0.15) is 18.2 Å². The maximum atomic E-state index is 12.9. The van der Waals surface area contributed by atoms with Crippen molar-refractivity contribution in [2.45, 2.75) is 50.5 Å². The van der Waals surface area contributed by atoms with Crippen molar-refractivity contribution in [1.29, 1.82) is 0 Å². The van der Waals surface area contributed by atoms with Crippen LogP contribution in [-0.2, 0) is 10.0 Å². The lowest BCUT2D eigenvalue weighted by Crippen LogP contribution is -2.48. The number of aliphatic hydroxyl groups is 2. The van der Waals surface area contributed by atoms with E-state index in [0.29, 0.717) is 35.1 Å². The number of halogens is 3. The first-order chi connectivity index (χ1) is 19.2. The van der Waals surface area contributed by atoms with Crippen LogP contribution in [0.15, 0.2) is 24.3 Å². The number of benzene rings is 1. The Labute approximate surface area is 240 Å². The summed E-state index contributed by atoms with van der Waals surface area (Å²) in [5.41, 5.74) is -0.0149. The van der Waals surface area contributed by atoms with E-state index in [9.17, 15) is 31.8 Å². The Morgan fingerprint density at radius 1 is 1.12 bits per heavy atom. The zero-order valence-corrected chi connectivity index (χ0v) is 24.3. The molecule has 5 rings (SSSR count). The van der Waals surface area contributed by atoms with Crippen LogP contribution in [0, 0.1) is 18.8 Å². The molecule has 1 aromatic carbocycles. The summed E-state index contributed by atoms with van der Waals surface area (Å²) < 4.78 is 65.6. The number of aromatic nitrogens is 3. The molecule has 15 heteroatoms. The first-order valence-corrected chi connectivity index (χ1v) is 16.0. The average Bonchev–Trinajstić information content (AvgIpc) is 3.54. The predicted octanol–water partition coefficient (Wildman–Crippen LogP) is 3.62. The third kappa shape index (κ3) is 7.08. The van der Waals surface area contributed by atoms with E-state index in [2.05, 4.69) is 25.6 Å². The fourth-order valence-electron chi connectivity index (χ4n) is 5.19. The minimum Gasteiger partial charge on any atom is -0.390 e. The third-order valence-corrected chi connectivity index (χ3v) is 9.91. The summed E-state index contributed by atoms with van der Waals surface area (Å²) in [5.74, 6) is -0.231. The van der Waals surface area contributed by atoms with Crippen LogP contribution in [-0.4, -0.2) is 88.2 Å². The molecule has 0 spiro atoms. The van der Waals surface area contributed by atoms with Gasteiger partial charge in [0.15, 0.2) is 0 Å². The first-order valence-electron chi connectivity index (χ1n) is 13.4. The van der Waals surface area contributed by atoms with E-state index in [1.54, 1.807) is 6.92 Å². The number of nitrogens with one attached hydrogen (secondary N) is 2. The molecule has 2 saturated carbocycles. The van der Waals surface area contributed by atoms with Gasteiger partial charge in [-0.05, 0) is 50.7 Å². The largest absolute Gasteiger partial charge is 0.405 e. The van der Waals surface area contributed by atoms with Gasteiger partial charge in [-0.1, -0.05) is 12.1 Å². The number of thiazole rings is 1. The van der Waals surface area contributed by atoms with Gasteiger partial charge in [-0.3, -0.25) is 0 Å². The second-order valence-electron chi connectivity index (χ2n) is 11.0. The van der Waals surface area contributed by atoms with Gasteiger partial charge in [0, 0.05) is 25.6 Å². The molecule has 0 amide bonds. The Morgan fingerprint density at radius 2 is 1.85 bits per heavy atom. The van der Waals surface area contributed by atoms with Gasteiger partial charge in [-0.25, -0.2) is 22.7 Å². The van der Waals surface area contributed by atoms with Gasteiger partial charge < -0.3 is 20.8 Å². The summed E-state index contributed by atoms with van der Waals surface area (Å²) in [6, 6.07) is 7.47. The van der Waals surface area contributed by atoms with E-state index >= 15 is 0 Å². The summed E-state index contributed by atoms with van der Waals surface area (Å²) in [5, 5.41) is 28.3. The zero-order valence-electron chi connectivity index (χ0n) is 22.6. The van der Waals surface area contributed by atoms with Crippen molar-refractivity contribution >= 4 is 43.3 Å². The van der Waals surface area contributed by atoms with Crippen LogP contribution in [0.1, 0.15) is 31.4 Å². The van der Waals surface area contributed by atoms with Gasteiger partial charge in [0.05, 0.1) is 33.8 Å². The molecule has 2 aromatic heterocycles. The molecule has 3 unspecified atom stereocenters. The third-order valence-electron chi connectivity index (χ3n) is 7.62. The van der Waals surface area contributed by atoms with Crippen LogP contribution in [0.5, 0.6) is 0 Å². The number of anilines is 2. The van der Waals surface area contributed by atoms with E-state index in [4.69, 9.17) is 0 Å². The maximum Gasteiger partial charge on any atom is 0.405 e. The zero-order chi connectivity index (χ0) is 29.6. The number of fused-ring (bicyclic) bond motifs is 1. The van der Waals surface area contributed by atoms with E-state index in [0.717, 1.165) is 29.3 Å². The molecule has 0 aliphatic heterocycles. The Hall–Kier alpha value is -2.59. The summed E-state index contributed by atoms with van der Waals surface area (Å²) in [4.78, 5) is 13.2. The van der Waals surface area contributed by atoms with Gasteiger partial charge in [0.25, 0.3) is 0 Å². The minimum atomic E-state index is -4.48. The Bertz CT molecular complexity index is 1480. The van der Waals surface area contributed by atoms with Crippen LogP contribution in [0.2, 0.25) is 0 Å². The lowest BCUT2D eigenvalue weighted by atomic mass is 9.96. The highest BCUT2D eigenvalue weighted by molar-refractivity contribution is 7.88. The van der Waals surface area contributed by atoms with E-state index in [1.807, 2.05) is 24.3 Å². The number of hydrogen-bond donors (Lipinski definition) is 4. The number of nitrogens with zero attached hydrogens (tertiary/aromatic N) is 4. The number of aryl methyl sites for hydroxylation is 1. The second-order valence-corrected chi connectivity index (χ2v) is 14.0. The average molecular weight is 615 g/mol. The van der Waals surface area contributed by atoms with Gasteiger partial charge in [0.2, 0.25) is 16.0 Å². The molecule has 224 valence electrons. The number of alkyl halides is 3. The molecule has 0 bridgehead atoms. The van der Waals surface area contributed by atoms with Crippen molar-refractivity contribution in [1.82, 2.24) is 19.3 Å². The monoisotopic (exact) mass is 614 g/mol. The molecule has 3 aromatic rings. The molecule has 0 saturated heterocycles. The molecular formula is C26H33F3N6O4S2. The predicted molar refractivity (Wildman–Crippen MR) is 151 cm³/mol. The molecule has 2 aliphatic carbocycles. The summed E-state index contributed by atoms with van der Waals surface area (Å²) in [7, 11) is -3.48. The highest BCUT2D eigenvalue weighted by Gasteiger charge is 2.48. The maximum absolute atomic E-state index is 12.9. The number of rotatable bonds is 11. The van der Waals surface area contributed by atoms with Gasteiger partial charge in [-0.15, -0.1) is 11.3 Å². The minimum absolute atomic E-state index is 0.105. The molecule has 3 atom stereocenters. The fraction of sp³-hybridized carbons (Fsp3) is 0.577. The Morgan fingerprint density at radius 3 is 2.51 bits per heavy atom. The van der Waals surface area contributed by atoms with Crippen molar-refractivity contribution in [2.75, 3.05) is 43.1 Å². The lowest BCUT2D eigenvalue weighted by molar-refractivity contribution is -0.115. The number of hydrogen-bond acceptors (Lipinski definition) is 10. The van der Waals surface area contributed by atoms with Gasteiger partial charge >= 0.3 is 6.18 Å². The first kappa shape index (κ1) is 29.9. The van der Waals surface area contributed by atoms with Crippen LogP contribution >= 0.6 is 11.3 Å². The molecule has 4 N–H and O–H groups in total. The molecule has 2 heterocycles. The van der Waals surface area contributed by atoms with Crippen molar-refractivity contribution in [2.24, 2.45) is 11.8 Å². The molecule has 2 aliphatic rings. The smallest absolute Gasteiger partial charge is 0.390 e. The van der Waals surface area contributed by atoms with E-state index in [-0.39, 0.29) is 31.3 Å². The van der Waals surface area contributed by atoms with Crippen LogP contribution in [0.3, 0.4) is 0 Å². The van der Waals surface area contributed by atoms with Crippen LogP contribution < -0.4 is 10.6 Å². The van der Waals surface area contributed by atoms with E-state index in [1.165, 1.54) is 15.6 Å². The lowest BCUT2D eigenvalue weighted by Gasteiger charge is -2.31. The van der Waals surface area contributed by atoms with Crippen LogP contribution in [0.4, 0.5) is 24.9 Å². The SMILES string of the molecule is Cc1nc(NCC(F)(F)F)nc(NCC2(O)CCC(CN(CC3CC3)S(C)(=O)=O)C2O)c1-c1nc2ccccc2s1. The van der Waals surface area contributed by atoms with E-state index < -0.39 is 40.4 Å². The second kappa shape index (κ2) is 11.2. The summed E-state index contributed by atoms with van der Waals surface area (Å²) in [6.45, 7) is 0.654. The van der Waals surface area contributed by atoms with Crippen molar-refractivity contribution in [3.63, 3.8) is 0 Å². The summed E-state index contributed by atoms with van der Waals surface area (Å²) in [6.07, 6.45) is -2.00. The highest BCUT2D eigenvalue weighted by Crippen LogP contribution is 2.40. The fourth-order valence-corrected chi connectivity index (χ4v) is 7.20. The standard InChI is InChI=1S/C26H33F3N6O4S2/c1-15-20(23-33-18-5-3-4-6-19(18)40-23)22(34-24(32-15)31-14-26(27,28)29)30-13-25(37)10-9-17(21(25)36)12-35(41(2,38)39)11-16-7-8-16/h3-6,16-17,21,36-37H,7-14H2,1-2H3,(H2,30,31,32,34). The van der Waals surface area contributed by atoms with Crippen molar-refractivity contribution < 1.29 is 31.8 Å². The quantitative estimate of drug-likeness (QED) is 0.255. The molecule has 0 radical (unpaired) electrons. The van der Waals surface area contributed by atoms with Crippen molar-refractivity contribution in [3.8, 4) is 10.6 Å². The number of aliphatic hydroxyl groups excluding tert-OH is 1. The molecular weight excluding hydrogens is 581 g/mol.